The third kappa shape index (κ3) is 5.79. The van der Waals surface area contributed by atoms with Gasteiger partial charge in [-0.3, -0.25) is 9.69 Å². The fourth-order valence-corrected chi connectivity index (χ4v) is 5.50. The van der Waals surface area contributed by atoms with Crippen LogP contribution in [0.1, 0.15) is 59.2 Å². The molecule has 2 saturated heterocycles. The standard InChI is InChI=1S/C31H38N4O/c1-23-9-12-26(13-10-23)28-7-6-8-29(24(28)2)31(36)33-27-15-19-34(20-16-27)22-25-11-14-30(32-21-25)35-17-4-3-5-18-35/h6-14,21,27H,3-5,15-20,22H2,1-2H3,(H,33,36). The number of benzene rings is 2. The van der Waals surface area contributed by atoms with E-state index in [0.29, 0.717) is 0 Å². The molecule has 0 bridgehead atoms. The van der Waals surface area contributed by atoms with E-state index in [-0.39, 0.29) is 11.9 Å². The largest absolute Gasteiger partial charge is 0.357 e. The van der Waals surface area contributed by atoms with Crippen molar-refractivity contribution in [3.8, 4) is 11.1 Å². The fourth-order valence-electron chi connectivity index (χ4n) is 5.50. The Bertz CT molecular complexity index is 1160. The van der Waals surface area contributed by atoms with Crippen LogP contribution in [-0.2, 0) is 6.54 Å². The Morgan fingerprint density at radius 1 is 0.917 bits per heavy atom. The highest BCUT2D eigenvalue weighted by molar-refractivity contribution is 5.97. The predicted octanol–water partition coefficient (Wildman–Crippen LogP) is 5.75. The first-order valence-electron chi connectivity index (χ1n) is 13.5. The molecule has 5 heteroatoms. The summed E-state index contributed by atoms with van der Waals surface area (Å²) < 4.78 is 0. The summed E-state index contributed by atoms with van der Waals surface area (Å²) in [5, 5.41) is 3.31. The summed E-state index contributed by atoms with van der Waals surface area (Å²) in [4.78, 5) is 22.8. The Labute approximate surface area is 215 Å². The van der Waals surface area contributed by atoms with Gasteiger partial charge < -0.3 is 10.2 Å². The number of hydrogen-bond donors (Lipinski definition) is 1. The average Bonchev–Trinajstić information content (AvgIpc) is 2.91. The van der Waals surface area contributed by atoms with Gasteiger partial charge in [0.1, 0.15) is 5.82 Å². The Balaban J connectivity index is 1.14. The van der Waals surface area contributed by atoms with Gasteiger partial charge in [-0.2, -0.15) is 0 Å². The smallest absolute Gasteiger partial charge is 0.251 e. The van der Waals surface area contributed by atoms with Crippen LogP contribution in [0.3, 0.4) is 0 Å². The van der Waals surface area contributed by atoms with Crippen molar-refractivity contribution in [3.05, 3.63) is 83.0 Å². The maximum atomic E-state index is 13.2. The van der Waals surface area contributed by atoms with Crippen LogP contribution in [0, 0.1) is 13.8 Å². The van der Waals surface area contributed by atoms with E-state index in [2.05, 4.69) is 71.4 Å². The van der Waals surface area contributed by atoms with Crippen LogP contribution < -0.4 is 10.2 Å². The number of likely N-dealkylation sites (tertiary alicyclic amines) is 1. The number of pyridine rings is 1. The monoisotopic (exact) mass is 482 g/mol. The van der Waals surface area contributed by atoms with Crippen LogP contribution in [0.5, 0.6) is 0 Å². The molecule has 1 aromatic heterocycles. The molecule has 0 spiro atoms. The van der Waals surface area contributed by atoms with Crippen LogP contribution in [-0.4, -0.2) is 48.0 Å². The van der Waals surface area contributed by atoms with Crippen LogP contribution in [0.15, 0.2) is 60.8 Å². The minimum atomic E-state index is 0.0393. The number of nitrogens with zero attached hydrogens (tertiary/aromatic N) is 3. The molecule has 0 unspecified atom stereocenters. The summed E-state index contributed by atoms with van der Waals surface area (Å²) >= 11 is 0. The van der Waals surface area contributed by atoms with Crippen molar-refractivity contribution in [2.45, 2.75) is 58.5 Å². The zero-order valence-electron chi connectivity index (χ0n) is 21.7. The number of amides is 1. The van der Waals surface area contributed by atoms with Crippen LogP contribution >= 0.6 is 0 Å². The average molecular weight is 483 g/mol. The third-order valence-electron chi connectivity index (χ3n) is 7.76. The Hall–Kier alpha value is -3.18. The van der Waals surface area contributed by atoms with E-state index in [0.717, 1.165) is 73.6 Å². The molecule has 2 aliphatic rings. The summed E-state index contributed by atoms with van der Waals surface area (Å²) in [6, 6.07) is 19.2. The van der Waals surface area contributed by atoms with Crippen molar-refractivity contribution in [2.24, 2.45) is 0 Å². The Morgan fingerprint density at radius 2 is 1.67 bits per heavy atom. The Kier molecular flexibility index (Phi) is 7.66. The van der Waals surface area contributed by atoms with Crippen LogP contribution in [0.25, 0.3) is 11.1 Å². The highest BCUT2D eigenvalue weighted by Crippen LogP contribution is 2.26. The molecule has 2 aromatic carbocycles. The van der Waals surface area contributed by atoms with Crippen molar-refractivity contribution in [2.75, 3.05) is 31.1 Å². The molecular weight excluding hydrogens is 444 g/mol. The molecule has 0 radical (unpaired) electrons. The predicted molar refractivity (Wildman–Crippen MR) is 147 cm³/mol. The first kappa shape index (κ1) is 24.5. The van der Waals surface area contributed by atoms with Gasteiger partial charge in [0, 0.05) is 50.5 Å². The van der Waals surface area contributed by atoms with Crippen LogP contribution in [0.4, 0.5) is 5.82 Å². The van der Waals surface area contributed by atoms with Crippen molar-refractivity contribution in [3.63, 3.8) is 0 Å². The van der Waals surface area contributed by atoms with Gasteiger partial charge in [0.05, 0.1) is 0 Å². The maximum Gasteiger partial charge on any atom is 0.251 e. The van der Waals surface area contributed by atoms with E-state index in [1.807, 2.05) is 18.3 Å². The number of piperidine rings is 2. The summed E-state index contributed by atoms with van der Waals surface area (Å²) in [7, 11) is 0. The van der Waals surface area contributed by atoms with Crippen molar-refractivity contribution < 1.29 is 4.79 Å². The zero-order chi connectivity index (χ0) is 24.9. The van der Waals surface area contributed by atoms with Crippen molar-refractivity contribution >= 4 is 11.7 Å². The number of carbonyl (C=O) groups is 1. The number of aryl methyl sites for hydroxylation is 1. The van der Waals surface area contributed by atoms with Gasteiger partial charge in [0.25, 0.3) is 5.91 Å². The second-order valence-electron chi connectivity index (χ2n) is 10.4. The quantitative estimate of drug-likeness (QED) is 0.486. The number of aromatic nitrogens is 1. The number of hydrogen-bond acceptors (Lipinski definition) is 4. The van der Waals surface area contributed by atoms with E-state index in [1.54, 1.807) is 0 Å². The molecule has 3 heterocycles. The van der Waals surface area contributed by atoms with Crippen molar-refractivity contribution in [1.82, 2.24) is 15.2 Å². The molecule has 0 aliphatic carbocycles. The molecule has 2 fully saturated rings. The summed E-state index contributed by atoms with van der Waals surface area (Å²) in [5.74, 6) is 1.15. The molecule has 5 nitrogen and oxygen atoms in total. The fraction of sp³-hybridized carbons (Fsp3) is 0.419. The lowest BCUT2D eigenvalue weighted by Crippen LogP contribution is -2.44. The summed E-state index contributed by atoms with van der Waals surface area (Å²) in [6.45, 7) is 9.29. The van der Waals surface area contributed by atoms with Crippen molar-refractivity contribution in [1.29, 1.82) is 0 Å². The molecule has 1 amide bonds. The van der Waals surface area contributed by atoms with E-state index in [9.17, 15) is 4.79 Å². The summed E-state index contributed by atoms with van der Waals surface area (Å²) in [5.41, 5.74) is 6.59. The lowest BCUT2D eigenvalue weighted by atomic mass is 9.95. The number of carbonyl (C=O) groups excluding carboxylic acids is 1. The zero-order valence-corrected chi connectivity index (χ0v) is 21.7. The van der Waals surface area contributed by atoms with E-state index in [4.69, 9.17) is 4.98 Å². The van der Waals surface area contributed by atoms with Gasteiger partial charge in [0.2, 0.25) is 0 Å². The minimum Gasteiger partial charge on any atom is -0.357 e. The lowest BCUT2D eigenvalue weighted by Gasteiger charge is -2.32. The second kappa shape index (κ2) is 11.3. The van der Waals surface area contributed by atoms with Gasteiger partial charge in [-0.05, 0) is 80.3 Å². The SMILES string of the molecule is Cc1ccc(-c2cccc(C(=O)NC3CCN(Cc4ccc(N5CCCCC5)nc4)CC3)c2C)cc1. The number of anilines is 1. The molecule has 188 valence electrons. The van der Waals surface area contributed by atoms with E-state index >= 15 is 0 Å². The first-order valence-corrected chi connectivity index (χ1v) is 13.5. The maximum absolute atomic E-state index is 13.2. The van der Waals surface area contributed by atoms with Gasteiger partial charge in [-0.1, -0.05) is 48.0 Å². The lowest BCUT2D eigenvalue weighted by molar-refractivity contribution is 0.0908. The minimum absolute atomic E-state index is 0.0393. The molecule has 36 heavy (non-hydrogen) atoms. The van der Waals surface area contributed by atoms with Crippen LogP contribution in [0.2, 0.25) is 0 Å². The van der Waals surface area contributed by atoms with Gasteiger partial charge in [0.15, 0.2) is 0 Å². The number of rotatable bonds is 6. The molecule has 3 aromatic rings. The van der Waals surface area contributed by atoms with Gasteiger partial charge in [-0.25, -0.2) is 4.98 Å². The summed E-state index contributed by atoms with van der Waals surface area (Å²) in [6.07, 6.45) is 7.87. The molecule has 1 N–H and O–H groups in total. The molecule has 0 saturated carbocycles. The first-order chi connectivity index (χ1) is 17.6. The van der Waals surface area contributed by atoms with E-state index in [1.165, 1.54) is 30.4 Å². The number of nitrogens with one attached hydrogen (secondary N) is 1. The van der Waals surface area contributed by atoms with Gasteiger partial charge in [-0.15, -0.1) is 0 Å². The van der Waals surface area contributed by atoms with E-state index < -0.39 is 0 Å². The topological polar surface area (TPSA) is 48.5 Å². The van der Waals surface area contributed by atoms with Gasteiger partial charge >= 0.3 is 0 Å². The second-order valence-corrected chi connectivity index (χ2v) is 10.4. The molecule has 0 atom stereocenters. The third-order valence-corrected chi connectivity index (χ3v) is 7.76. The molecular formula is C31H38N4O. The molecule has 2 aliphatic heterocycles. The molecule has 5 rings (SSSR count). The normalized spacial score (nSPS) is 17.2. The highest BCUT2D eigenvalue weighted by atomic mass is 16.1. The Morgan fingerprint density at radius 3 is 2.36 bits per heavy atom. The highest BCUT2D eigenvalue weighted by Gasteiger charge is 2.22.